The minimum atomic E-state index is -3.56. The molecule has 5 nitrogen and oxygen atoms in total. The zero-order valence-corrected chi connectivity index (χ0v) is 14.4. The molecule has 2 rings (SSSR count). The van der Waals surface area contributed by atoms with Crippen LogP contribution in [0.3, 0.4) is 0 Å². The second-order valence-corrected chi connectivity index (χ2v) is 7.37. The van der Waals surface area contributed by atoms with Gasteiger partial charge < -0.3 is 4.90 Å². The highest BCUT2D eigenvalue weighted by atomic mass is 35.5. The summed E-state index contributed by atoms with van der Waals surface area (Å²) in [5.41, 5.74) is 1.33. The van der Waals surface area contributed by atoms with Gasteiger partial charge in [-0.2, -0.15) is 0 Å². The van der Waals surface area contributed by atoms with Gasteiger partial charge in [0.15, 0.2) is 0 Å². The molecule has 122 valence electrons. The van der Waals surface area contributed by atoms with Gasteiger partial charge in [0.25, 0.3) is 5.91 Å². The van der Waals surface area contributed by atoms with E-state index in [1.807, 2.05) is 6.07 Å². The van der Waals surface area contributed by atoms with Crippen LogP contribution in [-0.4, -0.2) is 33.3 Å². The van der Waals surface area contributed by atoms with E-state index in [0.29, 0.717) is 16.8 Å². The molecule has 2 aromatic carbocycles. The standard InChI is InChI=1S/C16H17ClN2O3S/c1-19(2)16(20)14-9-8-13(10-15(14)17)18-23(21,22)11-12-6-4-3-5-7-12/h3-10,18H,11H2,1-2H3. The fraction of sp³-hybridized carbons (Fsp3) is 0.188. The first-order valence-electron chi connectivity index (χ1n) is 6.84. The largest absolute Gasteiger partial charge is 0.345 e. The molecule has 0 heterocycles. The van der Waals surface area contributed by atoms with Gasteiger partial charge in [-0.1, -0.05) is 41.9 Å². The summed E-state index contributed by atoms with van der Waals surface area (Å²) in [5, 5.41) is 0.198. The SMILES string of the molecule is CN(C)C(=O)c1ccc(NS(=O)(=O)Cc2ccccc2)cc1Cl. The minimum Gasteiger partial charge on any atom is -0.345 e. The number of hydrogen-bond acceptors (Lipinski definition) is 3. The van der Waals surface area contributed by atoms with Gasteiger partial charge in [0.05, 0.1) is 22.0 Å². The van der Waals surface area contributed by atoms with Crippen LogP contribution in [0.2, 0.25) is 5.02 Å². The number of hydrogen-bond donors (Lipinski definition) is 1. The molecule has 1 amide bonds. The Kier molecular flexibility index (Phi) is 5.28. The lowest BCUT2D eigenvalue weighted by Gasteiger charge is -2.13. The number of amides is 1. The first kappa shape index (κ1) is 17.3. The Morgan fingerprint density at radius 1 is 1.13 bits per heavy atom. The summed E-state index contributed by atoms with van der Waals surface area (Å²) >= 11 is 6.08. The number of halogens is 1. The lowest BCUT2D eigenvalue weighted by atomic mass is 10.2. The maximum atomic E-state index is 12.2. The summed E-state index contributed by atoms with van der Waals surface area (Å²) in [4.78, 5) is 13.3. The third-order valence-electron chi connectivity index (χ3n) is 3.08. The summed E-state index contributed by atoms with van der Waals surface area (Å²) < 4.78 is 26.8. The molecule has 0 bridgehead atoms. The molecular formula is C16H17ClN2O3S. The van der Waals surface area contributed by atoms with E-state index >= 15 is 0 Å². The first-order chi connectivity index (χ1) is 10.8. The maximum absolute atomic E-state index is 12.2. The van der Waals surface area contributed by atoms with Crippen molar-refractivity contribution in [2.75, 3.05) is 18.8 Å². The molecule has 0 aliphatic heterocycles. The summed E-state index contributed by atoms with van der Waals surface area (Å²) in [6.07, 6.45) is 0. The number of sulfonamides is 1. The van der Waals surface area contributed by atoms with Crippen molar-refractivity contribution in [3.8, 4) is 0 Å². The van der Waals surface area contributed by atoms with Crippen molar-refractivity contribution in [2.24, 2.45) is 0 Å². The van der Waals surface area contributed by atoms with Gasteiger partial charge >= 0.3 is 0 Å². The molecule has 0 radical (unpaired) electrons. The molecule has 0 aromatic heterocycles. The number of rotatable bonds is 5. The van der Waals surface area contributed by atoms with Crippen LogP contribution in [0.4, 0.5) is 5.69 Å². The van der Waals surface area contributed by atoms with Gasteiger partial charge in [-0.3, -0.25) is 9.52 Å². The quantitative estimate of drug-likeness (QED) is 0.899. The molecule has 0 aliphatic carbocycles. The van der Waals surface area contributed by atoms with Gasteiger partial charge in [0.2, 0.25) is 10.0 Å². The Labute approximate surface area is 140 Å². The molecule has 2 aromatic rings. The summed E-state index contributed by atoms with van der Waals surface area (Å²) in [6, 6.07) is 13.3. The van der Waals surface area contributed by atoms with Crippen LogP contribution in [0.5, 0.6) is 0 Å². The Morgan fingerprint density at radius 3 is 2.35 bits per heavy atom. The van der Waals surface area contributed by atoms with E-state index < -0.39 is 10.0 Å². The number of nitrogens with zero attached hydrogens (tertiary/aromatic N) is 1. The molecule has 0 aliphatic rings. The molecule has 1 N–H and O–H groups in total. The van der Waals surface area contributed by atoms with Crippen LogP contribution < -0.4 is 4.72 Å². The highest BCUT2D eigenvalue weighted by molar-refractivity contribution is 7.91. The van der Waals surface area contributed by atoms with Gasteiger partial charge in [-0.15, -0.1) is 0 Å². The molecule has 0 atom stereocenters. The predicted molar refractivity (Wildman–Crippen MR) is 92.2 cm³/mol. The maximum Gasteiger partial charge on any atom is 0.254 e. The van der Waals surface area contributed by atoms with Crippen molar-refractivity contribution in [2.45, 2.75) is 5.75 Å². The van der Waals surface area contributed by atoms with Crippen LogP contribution in [0.1, 0.15) is 15.9 Å². The van der Waals surface area contributed by atoms with Crippen molar-refractivity contribution in [3.05, 3.63) is 64.7 Å². The monoisotopic (exact) mass is 352 g/mol. The van der Waals surface area contributed by atoms with E-state index in [2.05, 4.69) is 4.72 Å². The Hall–Kier alpha value is -2.05. The van der Waals surface area contributed by atoms with Gasteiger partial charge in [-0.25, -0.2) is 8.42 Å². The number of anilines is 1. The van der Waals surface area contributed by atoms with Crippen LogP contribution in [0.25, 0.3) is 0 Å². The van der Waals surface area contributed by atoms with E-state index in [0.717, 1.165) is 0 Å². The van der Waals surface area contributed by atoms with E-state index in [1.54, 1.807) is 38.4 Å². The second kappa shape index (κ2) is 7.02. The average molecular weight is 353 g/mol. The molecular weight excluding hydrogens is 336 g/mol. The van der Waals surface area contributed by atoms with E-state index in [1.165, 1.54) is 23.1 Å². The van der Waals surface area contributed by atoms with E-state index in [9.17, 15) is 13.2 Å². The summed E-state index contributed by atoms with van der Waals surface area (Å²) in [5.74, 6) is -0.377. The molecule has 0 unspecified atom stereocenters. The van der Waals surface area contributed by atoms with Crippen molar-refractivity contribution in [1.82, 2.24) is 4.90 Å². The Morgan fingerprint density at radius 2 is 1.78 bits per heavy atom. The summed E-state index contributed by atoms with van der Waals surface area (Å²) in [6.45, 7) is 0. The van der Waals surface area contributed by atoms with Crippen LogP contribution in [0.15, 0.2) is 48.5 Å². The minimum absolute atomic E-state index is 0.135. The van der Waals surface area contributed by atoms with Crippen molar-refractivity contribution in [1.29, 1.82) is 0 Å². The number of benzene rings is 2. The molecule has 0 fully saturated rings. The topological polar surface area (TPSA) is 66.5 Å². The zero-order chi connectivity index (χ0) is 17.0. The van der Waals surface area contributed by atoms with Crippen LogP contribution in [0, 0.1) is 0 Å². The van der Waals surface area contributed by atoms with Crippen molar-refractivity contribution >= 4 is 33.2 Å². The Bertz CT molecular complexity index is 805. The van der Waals surface area contributed by atoms with E-state index in [-0.39, 0.29) is 16.7 Å². The fourth-order valence-electron chi connectivity index (χ4n) is 2.00. The molecule has 0 saturated heterocycles. The van der Waals surface area contributed by atoms with Gasteiger partial charge in [0.1, 0.15) is 0 Å². The van der Waals surface area contributed by atoms with Crippen molar-refractivity contribution in [3.63, 3.8) is 0 Å². The lowest BCUT2D eigenvalue weighted by molar-refractivity contribution is 0.0828. The van der Waals surface area contributed by atoms with Crippen LogP contribution >= 0.6 is 11.6 Å². The van der Waals surface area contributed by atoms with Gasteiger partial charge in [-0.05, 0) is 23.8 Å². The van der Waals surface area contributed by atoms with Gasteiger partial charge in [0, 0.05) is 14.1 Å². The third-order valence-corrected chi connectivity index (χ3v) is 4.65. The highest BCUT2D eigenvalue weighted by Gasteiger charge is 2.15. The normalized spacial score (nSPS) is 11.1. The Balaban J connectivity index is 2.17. The first-order valence-corrected chi connectivity index (χ1v) is 8.87. The summed E-state index contributed by atoms with van der Waals surface area (Å²) in [7, 11) is -0.317. The average Bonchev–Trinajstić information content (AvgIpc) is 2.46. The molecule has 23 heavy (non-hydrogen) atoms. The molecule has 7 heteroatoms. The molecule has 0 spiro atoms. The number of carbonyl (C=O) groups excluding carboxylic acids is 1. The van der Waals surface area contributed by atoms with Crippen molar-refractivity contribution < 1.29 is 13.2 Å². The fourth-order valence-corrected chi connectivity index (χ4v) is 3.45. The second-order valence-electron chi connectivity index (χ2n) is 5.24. The third kappa shape index (κ3) is 4.71. The number of nitrogens with one attached hydrogen (secondary N) is 1. The zero-order valence-electron chi connectivity index (χ0n) is 12.8. The lowest BCUT2D eigenvalue weighted by Crippen LogP contribution is -2.22. The predicted octanol–water partition coefficient (Wildman–Crippen LogP) is 2.98. The molecule has 0 saturated carbocycles. The van der Waals surface area contributed by atoms with Crippen LogP contribution in [-0.2, 0) is 15.8 Å². The number of carbonyl (C=O) groups is 1. The smallest absolute Gasteiger partial charge is 0.254 e. The van der Waals surface area contributed by atoms with E-state index in [4.69, 9.17) is 11.6 Å². The highest BCUT2D eigenvalue weighted by Crippen LogP contribution is 2.23.